The van der Waals surface area contributed by atoms with Crippen molar-refractivity contribution in [1.29, 1.82) is 0 Å². The first kappa shape index (κ1) is 20.2. The minimum Gasteiger partial charge on any atom is -0.756 e. The molecule has 6 nitrogen and oxygen atoms in total. The first-order chi connectivity index (χ1) is 12.2. The van der Waals surface area contributed by atoms with Gasteiger partial charge in [-0.15, -0.1) is 0 Å². The predicted molar refractivity (Wildman–Crippen MR) is 104 cm³/mol. The highest BCUT2D eigenvalue weighted by atomic mass is 16.9. The maximum Gasteiger partial charge on any atom is 0.125 e. The highest BCUT2D eigenvalue weighted by Crippen LogP contribution is 2.26. The van der Waals surface area contributed by atoms with Crippen molar-refractivity contribution in [3.63, 3.8) is 0 Å². The Bertz CT molecular complexity index is 662. The molecule has 6 heteroatoms. The lowest BCUT2D eigenvalue weighted by Gasteiger charge is -2.45. The van der Waals surface area contributed by atoms with Crippen LogP contribution in [0.15, 0.2) is 60.7 Å². The van der Waals surface area contributed by atoms with Gasteiger partial charge in [0, 0.05) is 12.1 Å². The van der Waals surface area contributed by atoms with Gasteiger partial charge in [-0.1, -0.05) is 36.4 Å². The summed E-state index contributed by atoms with van der Waals surface area (Å²) in [6.07, 6.45) is 0.449. The lowest BCUT2D eigenvalue weighted by atomic mass is 10.1. The molecule has 26 heavy (non-hydrogen) atoms. The number of ether oxygens (including phenoxy) is 1. The highest BCUT2D eigenvalue weighted by Gasteiger charge is 2.25. The van der Waals surface area contributed by atoms with Crippen LogP contribution in [0.3, 0.4) is 0 Å². The van der Waals surface area contributed by atoms with Crippen LogP contribution >= 0.6 is 0 Å². The summed E-state index contributed by atoms with van der Waals surface area (Å²) < 4.78 is 5.78. The second kappa shape index (κ2) is 8.51. The molecule has 0 spiro atoms. The first-order valence-corrected chi connectivity index (χ1v) is 8.59. The van der Waals surface area contributed by atoms with Crippen LogP contribution in [-0.2, 0) is 9.57 Å². The molecule has 0 aliphatic rings. The molecule has 0 radical (unpaired) electrons. The lowest BCUT2D eigenvalue weighted by molar-refractivity contribution is -0.0715. The van der Waals surface area contributed by atoms with Crippen LogP contribution < -0.4 is 10.3 Å². The SMILES string of the molecule is CC(C)(CCOC(C)(C)N([O-])c1ccccc1)ON([O-])c1ccccc1. The molecule has 0 atom stereocenters. The summed E-state index contributed by atoms with van der Waals surface area (Å²) in [6, 6.07) is 17.7. The zero-order chi connectivity index (χ0) is 19.2. The van der Waals surface area contributed by atoms with Crippen molar-refractivity contribution in [2.45, 2.75) is 45.4 Å². The van der Waals surface area contributed by atoms with Gasteiger partial charge >= 0.3 is 0 Å². The smallest absolute Gasteiger partial charge is 0.125 e. The predicted octanol–water partition coefficient (Wildman–Crippen LogP) is 4.85. The Morgan fingerprint density at radius 1 is 0.808 bits per heavy atom. The quantitative estimate of drug-likeness (QED) is 0.471. The van der Waals surface area contributed by atoms with Crippen molar-refractivity contribution in [2.75, 3.05) is 16.9 Å². The topological polar surface area (TPSA) is 71.1 Å². The van der Waals surface area contributed by atoms with E-state index in [0.29, 0.717) is 23.0 Å². The Balaban J connectivity index is 1.86. The van der Waals surface area contributed by atoms with Crippen LogP contribution in [0.25, 0.3) is 0 Å². The molecule has 2 rings (SSSR count). The van der Waals surface area contributed by atoms with Gasteiger partial charge in [-0.25, -0.2) is 0 Å². The van der Waals surface area contributed by atoms with Crippen molar-refractivity contribution >= 4 is 11.4 Å². The van der Waals surface area contributed by atoms with Gasteiger partial charge in [0.1, 0.15) is 5.72 Å². The Morgan fingerprint density at radius 3 is 1.85 bits per heavy atom. The number of benzene rings is 2. The van der Waals surface area contributed by atoms with E-state index in [1.165, 1.54) is 0 Å². The van der Waals surface area contributed by atoms with Gasteiger partial charge < -0.3 is 25.4 Å². The largest absolute Gasteiger partial charge is 0.756 e. The summed E-state index contributed by atoms with van der Waals surface area (Å²) in [5.41, 5.74) is -0.818. The molecule has 142 valence electrons. The normalized spacial score (nSPS) is 12.1. The average Bonchev–Trinajstić information content (AvgIpc) is 2.61. The molecule has 0 N–H and O–H groups in total. The standard InChI is InChI=1S/C20H26N2O4/c1-19(2,26-22(24)18-13-9-6-10-14-18)15-16-25-20(3,4)21(23)17-11-7-5-8-12-17/h5-14H,15-16H2,1-4H3/q-2. The summed E-state index contributed by atoms with van der Waals surface area (Å²) in [5, 5.41) is 25.9. The van der Waals surface area contributed by atoms with E-state index in [1.807, 2.05) is 26.0 Å². The van der Waals surface area contributed by atoms with E-state index in [2.05, 4.69) is 0 Å². The number of nitrogens with zero attached hydrogens (tertiary/aromatic N) is 2. The van der Waals surface area contributed by atoms with Crippen molar-refractivity contribution < 1.29 is 9.57 Å². The lowest BCUT2D eigenvalue weighted by Crippen LogP contribution is -2.44. The fraction of sp³-hybridized carbons (Fsp3) is 0.400. The van der Waals surface area contributed by atoms with E-state index < -0.39 is 11.3 Å². The molecule has 0 unspecified atom stereocenters. The highest BCUT2D eigenvalue weighted by molar-refractivity contribution is 5.48. The van der Waals surface area contributed by atoms with Crippen LogP contribution in [-0.4, -0.2) is 17.9 Å². The van der Waals surface area contributed by atoms with E-state index in [4.69, 9.17) is 9.57 Å². The van der Waals surface area contributed by atoms with Gasteiger partial charge in [0.25, 0.3) is 0 Å². The Morgan fingerprint density at radius 2 is 1.31 bits per heavy atom. The first-order valence-electron chi connectivity index (χ1n) is 8.59. The van der Waals surface area contributed by atoms with Crippen molar-refractivity contribution in [3.05, 3.63) is 71.1 Å². The van der Waals surface area contributed by atoms with E-state index in [1.54, 1.807) is 62.4 Å². The van der Waals surface area contributed by atoms with Crippen LogP contribution in [0.1, 0.15) is 34.1 Å². The molecule has 0 saturated carbocycles. The Kier molecular flexibility index (Phi) is 6.61. The minimum absolute atomic E-state index is 0.272. The van der Waals surface area contributed by atoms with Crippen LogP contribution in [0.4, 0.5) is 11.4 Å². The fourth-order valence-corrected chi connectivity index (χ4v) is 2.35. The van der Waals surface area contributed by atoms with Crippen LogP contribution in [0, 0.1) is 10.4 Å². The molecule has 0 aliphatic carbocycles. The third-order valence-electron chi connectivity index (χ3n) is 3.94. The van der Waals surface area contributed by atoms with Crippen molar-refractivity contribution in [2.24, 2.45) is 0 Å². The van der Waals surface area contributed by atoms with E-state index >= 15 is 0 Å². The van der Waals surface area contributed by atoms with Crippen LogP contribution in [0.2, 0.25) is 0 Å². The van der Waals surface area contributed by atoms with Gasteiger partial charge in [-0.2, -0.15) is 0 Å². The molecule has 0 fully saturated rings. The maximum atomic E-state index is 12.5. The molecule has 0 amide bonds. The molecule has 2 aromatic rings. The second-order valence-corrected chi connectivity index (χ2v) is 7.12. The number of para-hydroxylation sites is 2. The zero-order valence-corrected chi connectivity index (χ0v) is 15.7. The number of hydroxylamine groups is 1. The molecule has 0 saturated heterocycles. The Labute approximate surface area is 155 Å². The van der Waals surface area contributed by atoms with Gasteiger partial charge in [0.15, 0.2) is 0 Å². The van der Waals surface area contributed by atoms with Crippen molar-refractivity contribution in [1.82, 2.24) is 0 Å². The number of anilines is 2. The molecule has 0 bridgehead atoms. The molecule has 0 heterocycles. The molecule has 0 aromatic heterocycles. The number of hydrogen-bond acceptors (Lipinski definition) is 6. The average molecular weight is 358 g/mol. The summed E-state index contributed by atoms with van der Waals surface area (Å²) >= 11 is 0. The van der Waals surface area contributed by atoms with E-state index in [0.717, 1.165) is 5.06 Å². The molecule has 2 aromatic carbocycles. The Hall–Kier alpha value is -2.12. The molecule has 0 aliphatic heterocycles. The molecular weight excluding hydrogens is 332 g/mol. The van der Waals surface area contributed by atoms with Crippen molar-refractivity contribution in [3.8, 4) is 0 Å². The van der Waals surface area contributed by atoms with Gasteiger partial charge in [-0.3, -0.25) is 4.84 Å². The van der Waals surface area contributed by atoms with Gasteiger partial charge in [0.05, 0.1) is 17.9 Å². The number of rotatable bonds is 9. The zero-order valence-electron chi connectivity index (χ0n) is 15.7. The third-order valence-corrected chi connectivity index (χ3v) is 3.94. The van der Waals surface area contributed by atoms with Gasteiger partial charge in [0.2, 0.25) is 0 Å². The summed E-state index contributed by atoms with van der Waals surface area (Å²) in [4.78, 5) is 5.49. The maximum absolute atomic E-state index is 12.5. The number of hydrogen-bond donors (Lipinski definition) is 0. The summed E-state index contributed by atoms with van der Waals surface area (Å²) in [6.45, 7) is 7.32. The second-order valence-electron chi connectivity index (χ2n) is 7.12. The van der Waals surface area contributed by atoms with E-state index in [-0.39, 0.29) is 6.61 Å². The minimum atomic E-state index is -1.03. The van der Waals surface area contributed by atoms with Crippen LogP contribution in [0.5, 0.6) is 0 Å². The van der Waals surface area contributed by atoms with Gasteiger partial charge in [-0.05, 0) is 52.0 Å². The third kappa shape index (κ3) is 5.71. The summed E-state index contributed by atoms with van der Waals surface area (Å²) in [7, 11) is 0. The summed E-state index contributed by atoms with van der Waals surface area (Å²) in [5.74, 6) is 0. The van der Waals surface area contributed by atoms with E-state index in [9.17, 15) is 10.4 Å². The monoisotopic (exact) mass is 358 g/mol. The fourth-order valence-electron chi connectivity index (χ4n) is 2.35. The molecular formula is C20H26N2O4-2.